The molecule has 4 heteroatoms. The molecule has 1 aromatic carbocycles. The Morgan fingerprint density at radius 3 is 2.75 bits per heavy atom. The van der Waals surface area contributed by atoms with E-state index in [1.807, 2.05) is 38.1 Å². The van der Waals surface area contributed by atoms with Gasteiger partial charge in [0.1, 0.15) is 6.07 Å². The molecule has 1 heterocycles. The number of rotatable bonds is 2. The molecule has 2 aromatic rings. The van der Waals surface area contributed by atoms with Crippen LogP contribution in [0.4, 0.5) is 5.69 Å². The Kier molecular flexibility index (Phi) is 3.81. The topological polar surface area (TPSA) is 57.0 Å². The summed E-state index contributed by atoms with van der Waals surface area (Å²) in [6, 6.07) is 9.50. The molecular weight excluding hydrogens is 250 g/mol. The van der Waals surface area contributed by atoms with Crippen molar-refractivity contribution in [1.82, 2.24) is 4.98 Å². The van der Waals surface area contributed by atoms with Gasteiger partial charge in [0.05, 0.1) is 11.1 Å². The van der Waals surface area contributed by atoms with Crippen molar-refractivity contribution in [2.45, 2.75) is 13.8 Å². The van der Waals surface area contributed by atoms with Crippen LogP contribution < -0.4 is 4.90 Å². The van der Waals surface area contributed by atoms with Crippen LogP contribution in [-0.2, 0) is 0 Å². The number of benzene rings is 1. The van der Waals surface area contributed by atoms with Crippen molar-refractivity contribution >= 4 is 11.6 Å². The molecule has 0 saturated heterocycles. The van der Waals surface area contributed by atoms with Crippen LogP contribution in [-0.4, -0.2) is 17.9 Å². The molecule has 20 heavy (non-hydrogen) atoms. The molecule has 0 spiro atoms. The average Bonchev–Trinajstić information content (AvgIpc) is 2.48. The monoisotopic (exact) mass is 265 g/mol. The standard InChI is InChI=1S/C16H15N3O/c1-11-4-5-12(2)15(8-11)19(3)16(20)14-10-18-7-6-13(14)9-17/h4-8,10H,1-3H3. The number of nitrogens with zero attached hydrogens (tertiary/aromatic N) is 3. The Hall–Kier alpha value is -2.67. The van der Waals surface area contributed by atoms with E-state index in [2.05, 4.69) is 4.98 Å². The second-order valence-electron chi connectivity index (χ2n) is 4.69. The van der Waals surface area contributed by atoms with E-state index in [1.54, 1.807) is 18.0 Å². The van der Waals surface area contributed by atoms with E-state index in [9.17, 15) is 4.79 Å². The number of aromatic nitrogens is 1. The van der Waals surface area contributed by atoms with Gasteiger partial charge < -0.3 is 4.90 Å². The van der Waals surface area contributed by atoms with E-state index in [-0.39, 0.29) is 5.91 Å². The van der Waals surface area contributed by atoms with Crippen molar-refractivity contribution in [3.63, 3.8) is 0 Å². The molecule has 0 radical (unpaired) electrons. The predicted molar refractivity (Wildman–Crippen MR) is 77.6 cm³/mol. The van der Waals surface area contributed by atoms with E-state index >= 15 is 0 Å². The van der Waals surface area contributed by atoms with Crippen molar-refractivity contribution in [2.75, 3.05) is 11.9 Å². The highest BCUT2D eigenvalue weighted by Gasteiger charge is 2.18. The maximum Gasteiger partial charge on any atom is 0.260 e. The first-order valence-electron chi connectivity index (χ1n) is 6.24. The van der Waals surface area contributed by atoms with Crippen molar-refractivity contribution in [3.8, 4) is 6.07 Å². The van der Waals surface area contributed by atoms with Crippen LogP contribution in [0.25, 0.3) is 0 Å². The number of nitriles is 1. The maximum absolute atomic E-state index is 12.5. The van der Waals surface area contributed by atoms with Crippen LogP contribution >= 0.6 is 0 Å². The quantitative estimate of drug-likeness (QED) is 0.839. The van der Waals surface area contributed by atoms with Crippen molar-refractivity contribution in [2.24, 2.45) is 0 Å². The molecule has 0 aliphatic heterocycles. The number of aryl methyl sites for hydroxylation is 2. The van der Waals surface area contributed by atoms with Gasteiger partial charge in [0.15, 0.2) is 0 Å². The molecule has 0 aliphatic carbocycles. The minimum atomic E-state index is -0.233. The average molecular weight is 265 g/mol. The summed E-state index contributed by atoms with van der Waals surface area (Å²) >= 11 is 0. The Morgan fingerprint density at radius 2 is 2.05 bits per heavy atom. The molecule has 0 unspecified atom stereocenters. The highest BCUT2D eigenvalue weighted by Crippen LogP contribution is 2.22. The highest BCUT2D eigenvalue weighted by atomic mass is 16.2. The number of anilines is 1. The lowest BCUT2D eigenvalue weighted by Crippen LogP contribution is -2.27. The highest BCUT2D eigenvalue weighted by molar-refractivity contribution is 6.07. The summed E-state index contributed by atoms with van der Waals surface area (Å²) in [5.74, 6) is -0.233. The Balaban J connectivity index is 2.43. The predicted octanol–water partition coefficient (Wildman–Crippen LogP) is 2.85. The summed E-state index contributed by atoms with van der Waals surface area (Å²) in [6.07, 6.45) is 2.94. The number of amides is 1. The van der Waals surface area contributed by atoms with Gasteiger partial charge in [-0.3, -0.25) is 9.78 Å². The molecule has 0 atom stereocenters. The first kappa shape index (κ1) is 13.8. The zero-order valence-corrected chi connectivity index (χ0v) is 11.7. The molecule has 0 saturated carbocycles. The molecule has 0 bridgehead atoms. The fraction of sp³-hybridized carbons (Fsp3) is 0.188. The third-order valence-corrected chi connectivity index (χ3v) is 3.20. The summed E-state index contributed by atoms with van der Waals surface area (Å²) in [7, 11) is 1.71. The summed E-state index contributed by atoms with van der Waals surface area (Å²) in [4.78, 5) is 18.0. The first-order valence-corrected chi connectivity index (χ1v) is 6.24. The number of carbonyl (C=O) groups excluding carboxylic acids is 1. The van der Waals surface area contributed by atoms with Gasteiger partial charge in [-0.1, -0.05) is 12.1 Å². The Labute approximate surface area is 118 Å². The van der Waals surface area contributed by atoms with Gasteiger partial charge in [0.2, 0.25) is 0 Å². The third kappa shape index (κ3) is 2.52. The molecule has 1 amide bonds. The summed E-state index contributed by atoms with van der Waals surface area (Å²) in [5.41, 5.74) is 3.58. The minimum Gasteiger partial charge on any atom is -0.311 e. The molecule has 100 valence electrons. The second-order valence-corrected chi connectivity index (χ2v) is 4.69. The van der Waals surface area contributed by atoms with Crippen LogP contribution in [0.3, 0.4) is 0 Å². The number of hydrogen-bond acceptors (Lipinski definition) is 3. The summed E-state index contributed by atoms with van der Waals surface area (Å²) in [5, 5.41) is 9.07. The van der Waals surface area contributed by atoms with E-state index in [0.717, 1.165) is 16.8 Å². The number of pyridine rings is 1. The smallest absolute Gasteiger partial charge is 0.260 e. The second kappa shape index (κ2) is 5.54. The summed E-state index contributed by atoms with van der Waals surface area (Å²) < 4.78 is 0. The van der Waals surface area contributed by atoms with Crippen LogP contribution in [0, 0.1) is 25.2 Å². The summed E-state index contributed by atoms with van der Waals surface area (Å²) in [6.45, 7) is 3.93. The number of carbonyl (C=O) groups is 1. The molecular formula is C16H15N3O. The molecule has 0 N–H and O–H groups in total. The molecule has 0 aliphatic rings. The fourth-order valence-electron chi connectivity index (χ4n) is 2.03. The van der Waals surface area contributed by atoms with E-state index in [0.29, 0.717) is 11.1 Å². The molecule has 1 aromatic heterocycles. The third-order valence-electron chi connectivity index (χ3n) is 3.20. The lowest BCUT2D eigenvalue weighted by atomic mass is 10.1. The van der Waals surface area contributed by atoms with Gasteiger partial charge in [-0.25, -0.2) is 0 Å². The van der Waals surface area contributed by atoms with Crippen LogP contribution in [0.15, 0.2) is 36.7 Å². The maximum atomic E-state index is 12.5. The largest absolute Gasteiger partial charge is 0.311 e. The van der Waals surface area contributed by atoms with E-state index in [1.165, 1.54) is 12.4 Å². The molecule has 4 nitrogen and oxygen atoms in total. The van der Waals surface area contributed by atoms with Crippen LogP contribution in [0.5, 0.6) is 0 Å². The van der Waals surface area contributed by atoms with Gasteiger partial charge in [-0.05, 0) is 37.1 Å². The molecule has 2 rings (SSSR count). The fourth-order valence-corrected chi connectivity index (χ4v) is 2.03. The lowest BCUT2D eigenvalue weighted by Gasteiger charge is -2.20. The van der Waals surface area contributed by atoms with Crippen molar-refractivity contribution < 1.29 is 4.79 Å². The van der Waals surface area contributed by atoms with E-state index in [4.69, 9.17) is 5.26 Å². The minimum absolute atomic E-state index is 0.233. The van der Waals surface area contributed by atoms with Gasteiger partial charge in [-0.15, -0.1) is 0 Å². The Bertz CT molecular complexity index is 701. The van der Waals surface area contributed by atoms with Crippen molar-refractivity contribution in [1.29, 1.82) is 5.26 Å². The zero-order chi connectivity index (χ0) is 14.7. The number of hydrogen-bond donors (Lipinski definition) is 0. The van der Waals surface area contributed by atoms with Crippen LogP contribution in [0.1, 0.15) is 27.0 Å². The SMILES string of the molecule is Cc1ccc(C)c(N(C)C(=O)c2cnccc2C#N)c1. The zero-order valence-electron chi connectivity index (χ0n) is 11.7. The van der Waals surface area contributed by atoms with Crippen LogP contribution in [0.2, 0.25) is 0 Å². The first-order chi connectivity index (χ1) is 9.54. The van der Waals surface area contributed by atoms with Gasteiger partial charge >= 0.3 is 0 Å². The van der Waals surface area contributed by atoms with Gasteiger partial charge in [-0.2, -0.15) is 5.26 Å². The normalized spacial score (nSPS) is 9.90. The molecule has 0 fully saturated rings. The van der Waals surface area contributed by atoms with E-state index < -0.39 is 0 Å². The van der Waals surface area contributed by atoms with Gasteiger partial charge in [0, 0.05) is 25.1 Å². The lowest BCUT2D eigenvalue weighted by molar-refractivity contribution is 0.0992. The van der Waals surface area contributed by atoms with Gasteiger partial charge in [0.25, 0.3) is 5.91 Å². The Morgan fingerprint density at radius 1 is 1.30 bits per heavy atom. The van der Waals surface area contributed by atoms with Crippen molar-refractivity contribution in [3.05, 3.63) is 58.9 Å².